The van der Waals surface area contributed by atoms with Crippen LogP contribution in [0.2, 0.25) is 0 Å². The van der Waals surface area contributed by atoms with Crippen LogP contribution in [-0.4, -0.2) is 58.4 Å². The Morgan fingerprint density at radius 2 is 2.10 bits per heavy atom. The van der Waals surface area contributed by atoms with Gasteiger partial charge in [0.25, 0.3) is 0 Å². The predicted octanol–water partition coefficient (Wildman–Crippen LogP) is 3.51. The number of piperidine rings is 1. The summed E-state index contributed by atoms with van der Waals surface area (Å²) >= 11 is 1.51. The lowest BCUT2D eigenvalue weighted by atomic mass is 10.0. The lowest BCUT2D eigenvalue weighted by Crippen LogP contribution is -2.46. The molecule has 3 aromatic rings. The molecule has 0 saturated carbocycles. The molecule has 1 fully saturated rings. The second-order valence-electron chi connectivity index (χ2n) is 7.45. The van der Waals surface area contributed by atoms with E-state index >= 15 is 0 Å². The Kier molecular flexibility index (Phi) is 6.36. The van der Waals surface area contributed by atoms with Crippen molar-refractivity contribution in [1.82, 2.24) is 19.8 Å². The minimum atomic E-state index is 0.133. The molecular weight excluding hydrogens is 384 g/mol. The molecule has 7 heteroatoms. The van der Waals surface area contributed by atoms with Crippen LogP contribution in [-0.2, 0) is 17.6 Å². The van der Waals surface area contributed by atoms with Crippen LogP contribution in [0.1, 0.15) is 24.2 Å². The highest BCUT2D eigenvalue weighted by Crippen LogP contribution is 2.24. The Bertz CT molecular complexity index is 902. The molecule has 0 radical (unpaired) electrons. The van der Waals surface area contributed by atoms with Gasteiger partial charge in [0, 0.05) is 56.4 Å². The summed E-state index contributed by atoms with van der Waals surface area (Å²) in [5.41, 5.74) is 1.95. The molecule has 0 aromatic carbocycles. The van der Waals surface area contributed by atoms with E-state index in [1.165, 1.54) is 11.3 Å². The number of carbonyl (C=O) groups is 1. The number of carbonyl (C=O) groups excluding carboxylic acids is 1. The smallest absolute Gasteiger partial charge is 0.228 e. The van der Waals surface area contributed by atoms with Crippen molar-refractivity contribution in [2.75, 3.05) is 26.7 Å². The third-order valence-electron chi connectivity index (χ3n) is 5.52. The van der Waals surface area contributed by atoms with Crippen molar-refractivity contribution in [3.63, 3.8) is 0 Å². The first-order valence-corrected chi connectivity index (χ1v) is 10.9. The van der Waals surface area contributed by atoms with Crippen molar-refractivity contribution in [1.29, 1.82) is 0 Å². The first-order valence-electron chi connectivity index (χ1n) is 10.1. The highest BCUT2D eigenvalue weighted by Gasteiger charge is 2.25. The van der Waals surface area contributed by atoms with Crippen molar-refractivity contribution in [2.45, 2.75) is 31.7 Å². The third kappa shape index (κ3) is 5.10. The Morgan fingerprint density at radius 3 is 2.83 bits per heavy atom. The third-order valence-corrected chi connectivity index (χ3v) is 6.43. The van der Waals surface area contributed by atoms with E-state index in [1.54, 1.807) is 6.26 Å². The monoisotopic (exact) mass is 410 g/mol. The van der Waals surface area contributed by atoms with Crippen LogP contribution >= 0.6 is 11.3 Å². The molecule has 4 heterocycles. The quantitative estimate of drug-likeness (QED) is 0.597. The molecule has 0 aliphatic carbocycles. The van der Waals surface area contributed by atoms with Gasteiger partial charge in [-0.15, -0.1) is 11.3 Å². The first-order chi connectivity index (χ1) is 14.2. The summed E-state index contributed by atoms with van der Waals surface area (Å²) in [6.07, 6.45) is 6.83. The number of thiazole rings is 1. The van der Waals surface area contributed by atoms with Gasteiger partial charge in [0.1, 0.15) is 0 Å². The van der Waals surface area contributed by atoms with Gasteiger partial charge in [0.15, 0.2) is 10.8 Å². The minimum Gasteiger partial charge on any atom is -0.462 e. The number of likely N-dealkylation sites (tertiary alicyclic amines) is 1. The van der Waals surface area contributed by atoms with Gasteiger partial charge in [-0.1, -0.05) is 6.07 Å². The molecule has 0 N–H and O–H groups in total. The van der Waals surface area contributed by atoms with Crippen LogP contribution in [0.5, 0.6) is 0 Å². The highest BCUT2D eigenvalue weighted by atomic mass is 32.1. The molecule has 1 saturated heterocycles. The Hall–Kier alpha value is -2.51. The molecule has 152 valence electrons. The second-order valence-corrected chi connectivity index (χ2v) is 8.30. The molecule has 29 heavy (non-hydrogen) atoms. The summed E-state index contributed by atoms with van der Waals surface area (Å²) in [4.78, 5) is 26.1. The van der Waals surface area contributed by atoms with Gasteiger partial charge in [-0.05, 0) is 37.1 Å². The summed E-state index contributed by atoms with van der Waals surface area (Å²) < 4.78 is 5.38. The van der Waals surface area contributed by atoms with Crippen molar-refractivity contribution in [3.8, 4) is 10.8 Å². The van der Waals surface area contributed by atoms with E-state index in [2.05, 4.69) is 20.9 Å². The molecule has 1 aliphatic rings. The van der Waals surface area contributed by atoms with Crippen LogP contribution in [0, 0.1) is 0 Å². The topological polar surface area (TPSA) is 62.5 Å². The van der Waals surface area contributed by atoms with Gasteiger partial charge in [-0.2, -0.15) is 0 Å². The summed E-state index contributed by atoms with van der Waals surface area (Å²) in [6, 6.07) is 10.1. The van der Waals surface area contributed by atoms with E-state index in [4.69, 9.17) is 4.42 Å². The summed E-state index contributed by atoms with van der Waals surface area (Å²) in [5, 5.41) is 2.77. The number of aromatic nitrogens is 2. The van der Waals surface area contributed by atoms with E-state index in [0.717, 1.165) is 61.1 Å². The van der Waals surface area contributed by atoms with Crippen LogP contribution in [0.15, 0.2) is 52.6 Å². The normalized spacial score (nSPS) is 15.5. The summed E-state index contributed by atoms with van der Waals surface area (Å²) in [5.74, 6) is 0.883. The fourth-order valence-corrected chi connectivity index (χ4v) is 4.52. The average molecular weight is 411 g/mol. The average Bonchev–Trinajstić information content (AvgIpc) is 3.45. The molecule has 3 aromatic heterocycles. The maximum atomic E-state index is 12.7. The Labute approximate surface area is 175 Å². The fraction of sp³-hybridized carbons (Fsp3) is 0.409. The van der Waals surface area contributed by atoms with Gasteiger partial charge in [-0.25, -0.2) is 4.98 Å². The molecule has 1 amide bonds. The Morgan fingerprint density at radius 1 is 1.24 bits per heavy atom. The second kappa shape index (κ2) is 9.33. The van der Waals surface area contributed by atoms with Crippen LogP contribution < -0.4 is 0 Å². The maximum absolute atomic E-state index is 12.7. The number of hydrogen-bond acceptors (Lipinski definition) is 6. The van der Waals surface area contributed by atoms with Crippen molar-refractivity contribution >= 4 is 17.2 Å². The zero-order valence-corrected chi connectivity index (χ0v) is 17.5. The molecule has 0 unspecified atom stereocenters. The van der Waals surface area contributed by atoms with E-state index in [-0.39, 0.29) is 5.91 Å². The maximum Gasteiger partial charge on any atom is 0.228 e. The predicted molar refractivity (Wildman–Crippen MR) is 114 cm³/mol. The number of hydrogen-bond donors (Lipinski definition) is 0. The molecule has 0 bridgehead atoms. The van der Waals surface area contributed by atoms with Gasteiger partial charge in [0.2, 0.25) is 5.91 Å². The SMILES string of the molecule is CN(C(=O)Cc1csc(-c2ccco2)n1)C1CCN(CCc2ccccn2)CC1. The number of likely N-dealkylation sites (N-methyl/N-ethyl adjacent to an activating group) is 1. The molecule has 4 rings (SSSR count). The van der Waals surface area contributed by atoms with Crippen LogP contribution in [0.25, 0.3) is 10.8 Å². The Balaban J connectivity index is 1.24. The molecular formula is C22H26N4O2S. The van der Waals surface area contributed by atoms with Crippen LogP contribution in [0.3, 0.4) is 0 Å². The minimum absolute atomic E-state index is 0.133. The van der Waals surface area contributed by atoms with E-state index in [0.29, 0.717) is 12.5 Å². The highest BCUT2D eigenvalue weighted by molar-refractivity contribution is 7.13. The van der Waals surface area contributed by atoms with Crippen molar-refractivity contribution in [3.05, 3.63) is 59.6 Å². The van der Waals surface area contributed by atoms with Gasteiger partial charge >= 0.3 is 0 Å². The molecule has 0 atom stereocenters. The van der Waals surface area contributed by atoms with Gasteiger partial charge in [0.05, 0.1) is 18.4 Å². The van der Waals surface area contributed by atoms with E-state index < -0.39 is 0 Å². The lowest BCUT2D eigenvalue weighted by Gasteiger charge is -2.36. The number of rotatable bonds is 7. The van der Waals surface area contributed by atoms with Crippen molar-refractivity contribution < 1.29 is 9.21 Å². The van der Waals surface area contributed by atoms with Gasteiger partial charge in [-0.3, -0.25) is 9.78 Å². The van der Waals surface area contributed by atoms with Crippen molar-refractivity contribution in [2.24, 2.45) is 0 Å². The lowest BCUT2D eigenvalue weighted by molar-refractivity contribution is -0.132. The van der Waals surface area contributed by atoms with Crippen LogP contribution in [0.4, 0.5) is 0 Å². The molecule has 0 spiro atoms. The zero-order valence-electron chi connectivity index (χ0n) is 16.7. The number of pyridine rings is 1. The largest absolute Gasteiger partial charge is 0.462 e. The standard InChI is InChI=1S/C22H26N4O2S/c1-25(21(27)15-18-16-29-22(24-18)20-6-4-14-28-20)19-8-12-26(13-9-19)11-7-17-5-2-3-10-23-17/h2-6,10,14,16,19H,7-9,11-13,15H2,1H3. The number of amides is 1. The van der Waals surface area contributed by atoms with Gasteiger partial charge < -0.3 is 14.2 Å². The summed E-state index contributed by atoms with van der Waals surface area (Å²) in [7, 11) is 1.93. The number of furan rings is 1. The number of nitrogens with zero attached hydrogens (tertiary/aromatic N) is 4. The molecule has 1 aliphatic heterocycles. The van der Waals surface area contributed by atoms with E-state index in [1.807, 2.05) is 47.8 Å². The first kappa shape index (κ1) is 19.8. The molecule has 6 nitrogen and oxygen atoms in total. The van der Waals surface area contributed by atoms with E-state index in [9.17, 15) is 4.79 Å². The zero-order chi connectivity index (χ0) is 20.1. The fourth-order valence-electron chi connectivity index (χ4n) is 3.73. The summed E-state index contributed by atoms with van der Waals surface area (Å²) in [6.45, 7) is 3.07.